The highest BCUT2D eigenvalue weighted by Gasteiger charge is 2.06. The van der Waals surface area contributed by atoms with E-state index in [2.05, 4.69) is 16.3 Å². The van der Waals surface area contributed by atoms with Gasteiger partial charge in [-0.05, 0) is 0 Å². The molecule has 1 atom stereocenters. The van der Waals surface area contributed by atoms with Gasteiger partial charge in [-0.3, -0.25) is 4.84 Å². The molecule has 0 aromatic rings. The van der Waals surface area contributed by atoms with E-state index < -0.39 is 0 Å². The molecule has 5 nitrogen and oxygen atoms in total. The zero-order chi connectivity index (χ0) is 8.53. The van der Waals surface area contributed by atoms with Gasteiger partial charge in [0.1, 0.15) is 6.10 Å². The van der Waals surface area contributed by atoms with Crippen LogP contribution in [-0.2, 0) is 14.4 Å². The molecular weight excluding hydrogens is 148 g/mol. The van der Waals surface area contributed by atoms with Gasteiger partial charge in [0.2, 0.25) is 0 Å². The van der Waals surface area contributed by atoms with Gasteiger partial charge in [-0.1, -0.05) is 6.08 Å². The van der Waals surface area contributed by atoms with Crippen molar-refractivity contribution in [3.8, 4) is 0 Å². The van der Waals surface area contributed by atoms with Gasteiger partial charge in [-0.25, -0.2) is 11.8 Å². The van der Waals surface area contributed by atoms with Crippen LogP contribution in [0.4, 0.5) is 0 Å². The van der Waals surface area contributed by atoms with Crippen LogP contribution in [-0.4, -0.2) is 25.9 Å². The molecule has 66 valence electrons. The summed E-state index contributed by atoms with van der Waals surface area (Å²) in [7, 11) is 0. The highest BCUT2D eigenvalue weighted by Crippen LogP contribution is 1.89. The van der Waals surface area contributed by atoms with Crippen molar-refractivity contribution in [2.24, 2.45) is 11.8 Å². The van der Waals surface area contributed by atoms with Gasteiger partial charge in [-0.15, -0.1) is 6.58 Å². The monoisotopic (exact) mass is 162 g/mol. The quantitative estimate of drug-likeness (QED) is 0.295. The first kappa shape index (κ1) is 10.5. The Morgan fingerprint density at radius 3 is 2.55 bits per heavy atom. The molecule has 0 radical (unpaired) electrons. The molecule has 0 bridgehead atoms. The third kappa shape index (κ3) is 5.96. The molecule has 0 aliphatic heterocycles. The zero-order valence-corrected chi connectivity index (χ0v) is 6.36. The lowest BCUT2D eigenvalue weighted by Crippen LogP contribution is -2.29. The smallest absolute Gasteiger partial charge is 0.127 e. The number of hydrogen-bond donors (Lipinski definition) is 2. The van der Waals surface area contributed by atoms with Gasteiger partial charge in [0, 0.05) is 0 Å². The minimum atomic E-state index is -0.319. The third-order valence-corrected chi connectivity index (χ3v) is 1.01. The molecule has 0 aromatic heterocycles. The lowest BCUT2D eigenvalue weighted by Gasteiger charge is -2.11. The van der Waals surface area contributed by atoms with Crippen molar-refractivity contribution in [1.82, 2.24) is 0 Å². The van der Waals surface area contributed by atoms with Gasteiger partial charge in [0.05, 0.1) is 19.8 Å². The van der Waals surface area contributed by atoms with E-state index in [-0.39, 0.29) is 12.7 Å². The molecule has 0 rings (SSSR count). The summed E-state index contributed by atoms with van der Waals surface area (Å²) in [4.78, 5) is 8.79. The molecule has 5 heteroatoms. The molecule has 0 saturated carbocycles. The van der Waals surface area contributed by atoms with Gasteiger partial charge in [0.15, 0.2) is 0 Å². The molecular formula is C6H14N2O3. The molecule has 0 saturated heterocycles. The Morgan fingerprint density at radius 2 is 2.09 bits per heavy atom. The molecule has 0 aliphatic carbocycles. The summed E-state index contributed by atoms with van der Waals surface area (Å²) < 4.78 is 5.03. The van der Waals surface area contributed by atoms with E-state index >= 15 is 0 Å². The van der Waals surface area contributed by atoms with Crippen molar-refractivity contribution in [3.05, 3.63) is 12.7 Å². The summed E-state index contributed by atoms with van der Waals surface area (Å²) in [5.41, 5.74) is 0. The van der Waals surface area contributed by atoms with Crippen LogP contribution < -0.4 is 11.8 Å². The Bertz CT molecular complexity index is 99.8. The van der Waals surface area contributed by atoms with Crippen LogP contribution in [0, 0.1) is 0 Å². The average molecular weight is 162 g/mol. The lowest BCUT2D eigenvalue weighted by atomic mass is 10.4. The summed E-state index contributed by atoms with van der Waals surface area (Å²) in [6.45, 7) is 4.50. The van der Waals surface area contributed by atoms with Crippen molar-refractivity contribution in [1.29, 1.82) is 0 Å². The van der Waals surface area contributed by atoms with Crippen LogP contribution in [0.5, 0.6) is 0 Å². The van der Waals surface area contributed by atoms with E-state index in [9.17, 15) is 0 Å². The molecule has 11 heavy (non-hydrogen) atoms. The number of ether oxygens (including phenoxy) is 1. The summed E-state index contributed by atoms with van der Waals surface area (Å²) >= 11 is 0. The Hall–Kier alpha value is -0.460. The lowest BCUT2D eigenvalue weighted by molar-refractivity contribution is -0.0582. The normalized spacial score (nSPS) is 12.9. The maximum Gasteiger partial charge on any atom is 0.127 e. The number of nitrogens with two attached hydrogens (primary N) is 2. The van der Waals surface area contributed by atoms with Crippen molar-refractivity contribution in [2.75, 3.05) is 19.8 Å². The van der Waals surface area contributed by atoms with Crippen LogP contribution in [0.15, 0.2) is 12.7 Å². The van der Waals surface area contributed by atoms with Crippen LogP contribution in [0.25, 0.3) is 0 Å². The first-order chi connectivity index (χ1) is 5.35. The number of hydrogen-bond acceptors (Lipinski definition) is 5. The first-order valence-electron chi connectivity index (χ1n) is 3.21. The first-order valence-corrected chi connectivity index (χ1v) is 3.21. The fourth-order valence-electron chi connectivity index (χ4n) is 0.517. The molecule has 4 N–H and O–H groups in total. The molecule has 1 unspecified atom stereocenters. The molecule has 0 heterocycles. The van der Waals surface area contributed by atoms with Crippen molar-refractivity contribution >= 4 is 0 Å². The van der Waals surface area contributed by atoms with Crippen LogP contribution in [0.2, 0.25) is 0 Å². The standard InChI is InChI=1S/C6H14N2O3/c1-2-3-9-4-6(11-8)5-10-7/h2,6H,1,3-5,7-8H2. The summed E-state index contributed by atoms with van der Waals surface area (Å²) in [6.07, 6.45) is 1.32. The Morgan fingerprint density at radius 1 is 1.36 bits per heavy atom. The minimum Gasteiger partial charge on any atom is -0.375 e. The Labute approximate surface area is 65.8 Å². The second kappa shape index (κ2) is 7.64. The van der Waals surface area contributed by atoms with E-state index in [4.69, 9.17) is 16.5 Å². The topological polar surface area (TPSA) is 79.7 Å². The SMILES string of the molecule is C=CCOCC(CON)ON. The predicted octanol–water partition coefficient (Wildman–Crippen LogP) is -0.662. The second-order valence-corrected chi connectivity index (χ2v) is 1.92. The Kier molecular flexibility index (Phi) is 7.33. The average Bonchev–Trinajstić information content (AvgIpc) is 2.03. The predicted molar refractivity (Wildman–Crippen MR) is 40.2 cm³/mol. The van der Waals surface area contributed by atoms with Crippen molar-refractivity contribution in [2.45, 2.75) is 6.10 Å². The van der Waals surface area contributed by atoms with E-state index in [0.717, 1.165) is 0 Å². The van der Waals surface area contributed by atoms with E-state index in [1.54, 1.807) is 6.08 Å². The van der Waals surface area contributed by atoms with Crippen LogP contribution in [0.3, 0.4) is 0 Å². The Balaban J connectivity index is 3.27. The maximum atomic E-state index is 5.03. The third-order valence-electron chi connectivity index (χ3n) is 1.01. The van der Waals surface area contributed by atoms with Crippen molar-refractivity contribution < 1.29 is 14.4 Å². The second-order valence-electron chi connectivity index (χ2n) is 1.92. The van der Waals surface area contributed by atoms with Gasteiger partial charge >= 0.3 is 0 Å². The van der Waals surface area contributed by atoms with Crippen LogP contribution >= 0.6 is 0 Å². The molecule has 0 aliphatic rings. The largest absolute Gasteiger partial charge is 0.375 e. The highest BCUT2D eigenvalue weighted by atomic mass is 16.7. The highest BCUT2D eigenvalue weighted by molar-refractivity contribution is 4.64. The van der Waals surface area contributed by atoms with Gasteiger partial charge in [-0.2, -0.15) is 0 Å². The number of rotatable bonds is 7. The maximum absolute atomic E-state index is 5.03. The van der Waals surface area contributed by atoms with E-state index in [1.165, 1.54) is 0 Å². The van der Waals surface area contributed by atoms with E-state index in [1.807, 2.05) is 0 Å². The molecule has 0 fully saturated rings. The summed E-state index contributed by atoms with van der Waals surface area (Å²) in [5.74, 6) is 9.70. The minimum absolute atomic E-state index is 0.216. The fourth-order valence-corrected chi connectivity index (χ4v) is 0.517. The fraction of sp³-hybridized carbons (Fsp3) is 0.667. The summed E-state index contributed by atoms with van der Waals surface area (Å²) in [6, 6.07) is 0. The van der Waals surface area contributed by atoms with E-state index in [0.29, 0.717) is 13.2 Å². The zero-order valence-electron chi connectivity index (χ0n) is 6.36. The van der Waals surface area contributed by atoms with Gasteiger partial charge < -0.3 is 9.57 Å². The summed E-state index contributed by atoms with van der Waals surface area (Å²) in [5, 5.41) is 0. The molecule has 0 amide bonds. The van der Waals surface area contributed by atoms with Crippen LogP contribution in [0.1, 0.15) is 0 Å². The van der Waals surface area contributed by atoms with Gasteiger partial charge in [0.25, 0.3) is 0 Å². The van der Waals surface area contributed by atoms with Crippen molar-refractivity contribution in [3.63, 3.8) is 0 Å². The molecule has 0 aromatic carbocycles. The molecule has 0 spiro atoms.